The normalized spacial score (nSPS) is 15.2. The lowest BCUT2D eigenvalue weighted by molar-refractivity contribution is -0.130. The summed E-state index contributed by atoms with van der Waals surface area (Å²) in [6.07, 6.45) is 9.13. The van der Waals surface area contributed by atoms with Crippen LogP contribution >= 0.6 is 0 Å². The fraction of sp³-hybridized carbons (Fsp3) is 0.382. The van der Waals surface area contributed by atoms with Gasteiger partial charge in [0.2, 0.25) is 15.9 Å². The molecule has 0 atom stereocenters. The van der Waals surface area contributed by atoms with Gasteiger partial charge in [0, 0.05) is 69.1 Å². The van der Waals surface area contributed by atoms with Gasteiger partial charge in [0.1, 0.15) is 28.8 Å². The second kappa shape index (κ2) is 15.8. The topological polar surface area (TPSA) is 125 Å². The molecule has 2 bridgehead atoms. The van der Waals surface area contributed by atoms with Gasteiger partial charge in [-0.05, 0) is 61.2 Å². The molecule has 0 N–H and O–H groups in total. The molecule has 0 radical (unpaired) electrons. The molecule has 0 saturated carbocycles. The van der Waals surface area contributed by atoms with Gasteiger partial charge in [0.15, 0.2) is 11.5 Å². The maximum absolute atomic E-state index is 14.1. The molecule has 1 aliphatic heterocycles. The monoisotopic (exact) mass is 663 g/mol. The zero-order valence-electron chi connectivity index (χ0n) is 27.0. The number of sulfonamides is 1. The summed E-state index contributed by atoms with van der Waals surface area (Å²) < 4.78 is 54.2. The van der Waals surface area contributed by atoms with Gasteiger partial charge in [-0.25, -0.2) is 13.4 Å². The molecule has 3 heterocycles. The van der Waals surface area contributed by atoms with Crippen LogP contribution in [0, 0.1) is 0 Å². The summed E-state index contributed by atoms with van der Waals surface area (Å²) in [5.41, 5.74) is 1.67. The minimum absolute atomic E-state index is 0.000520. The SMILES string of the molecule is COc1ccc(OC)c(S(=O)(=O)N2CCCCN(C(=O)Cc3cccnc3)CCCn3ccnc3-c3ccc(OC)c(c3)OCC2)c1. The van der Waals surface area contributed by atoms with E-state index in [1.54, 1.807) is 37.8 Å². The van der Waals surface area contributed by atoms with E-state index in [9.17, 15) is 13.2 Å². The predicted molar refractivity (Wildman–Crippen MR) is 176 cm³/mol. The van der Waals surface area contributed by atoms with E-state index >= 15 is 0 Å². The van der Waals surface area contributed by atoms with Crippen LogP contribution in [-0.2, 0) is 27.8 Å². The van der Waals surface area contributed by atoms with Gasteiger partial charge in [-0.3, -0.25) is 9.78 Å². The Hall–Kier alpha value is -4.62. The molecule has 2 aromatic carbocycles. The number of carbonyl (C=O) groups is 1. The number of hydrogen-bond donors (Lipinski definition) is 0. The van der Waals surface area contributed by atoms with Crippen LogP contribution < -0.4 is 18.9 Å². The average Bonchev–Trinajstić information content (AvgIpc) is 3.56. The van der Waals surface area contributed by atoms with Gasteiger partial charge in [-0.2, -0.15) is 4.31 Å². The third kappa shape index (κ3) is 8.22. The number of methoxy groups -OCH3 is 3. The first-order valence-electron chi connectivity index (χ1n) is 15.5. The number of rotatable bonds is 7. The maximum atomic E-state index is 14.1. The summed E-state index contributed by atoms with van der Waals surface area (Å²) in [5.74, 6) is 2.37. The summed E-state index contributed by atoms with van der Waals surface area (Å²) in [4.78, 5) is 24.1. The van der Waals surface area contributed by atoms with Gasteiger partial charge < -0.3 is 28.4 Å². The van der Waals surface area contributed by atoms with Crippen LogP contribution in [0.15, 0.2) is 78.2 Å². The molecular formula is C34H41N5O7S. The molecular weight excluding hydrogens is 622 g/mol. The number of aryl methyl sites for hydroxylation is 1. The van der Waals surface area contributed by atoms with E-state index in [2.05, 4.69) is 14.5 Å². The van der Waals surface area contributed by atoms with Crippen LogP contribution in [0.1, 0.15) is 24.8 Å². The van der Waals surface area contributed by atoms with Crippen LogP contribution in [0.2, 0.25) is 0 Å². The minimum atomic E-state index is -4.03. The molecule has 12 nitrogen and oxygen atoms in total. The number of fused-ring (bicyclic) bond motifs is 4. The van der Waals surface area contributed by atoms with Gasteiger partial charge in [-0.1, -0.05) is 6.07 Å². The summed E-state index contributed by atoms with van der Waals surface area (Å²) in [6, 6.07) is 14.0. The van der Waals surface area contributed by atoms with E-state index < -0.39 is 10.0 Å². The van der Waals surface area contributed by atoms with Crippen LogP contribution in [0.3, 0.4) is 0 Å². The summed E-state index contributed by atoms with van der Waals surface area (Å²) in [6.45, 7) is 2.02. The molecule has 1 amide bonds. The van der Waals surface area contributed by atoms with E-state index in [0.717, 1.165) is 17.0 Å². The second-order valence-corrected chi connectivity index (χ2v) is 13.0. The highest BCUT2D eigenvalue weighted by atomic mass is 32.2. The minimum Gasteiger partial charge on any atom is -0.497 e. The summed E-state index contributed by atoms with van der Waals surface area (Å²) in [5, 5.41) is 0. The van der Waals surface area contributed by atoms with Crippen molar-refractivity contribution in [2.45, 2.75) is 37.1 Å². The molecule has 13 heteroatoms. The Balaban J connectivity index is 1.46. The van der Waals surface area contributed by atoms with Crippen molar-refractivity contribution in [3.8, 4) is 34.4 Å². The number of pyridine rings is 1. The van der Waals surface area contributed by atoms with Crippen LogP contribution in [0.25, 0.3) is 11.4 Å². The van der Waals surface area contributed by atoms with E-state index in [-0.39, 0.29) is 42.7 Å². The van der Waals surface area contributed by atoms with Crippen LogP contribution in [-0.4, -0.2) is 92.2 Å². The van der Waals surface area contributed by atoms with Gasteiger partial charge >= 0.3 is 0 Å². The number of hydrogen-bond acceptors (Lipinski definition) is 9. The molecule has 1 aliphatic rings. The van der Waals surface area contributed by atoms with E-state index in [1.165, 1.54) is 24.6 Å². The van der Waals surface area contributed by atoms with Crippen molar-refractivity contribution in [2.75, 3.05) is 54.1 Å². The Labute approximate surface area is 275 Å². The lowest BCUT2D eigenvalue weighted by Gasteiger charge is -2.25. The van der Waals surface area contributed by atoms with E-state index in [1.807, 2.05) is 41.4 Å². The van der Waals surface area contributed by atoms with Crippen LogP contribution in [0.4, 0.5) is 0 Å². The molecule has 0 aliphatic carbocycles. The smallest absolute Gasteiger partial charge is 0.247 e. The largest absolute Gasteiger partial charge is 0.497 e. The number of imidazole rings is 1. The van der Waals surface area contributed by atoms with Gasteiger partial charge in [-0.15, -0.1) is 0 Å². The van der Waals surface area contributed by atoms with Crippen molar-refractivity contribution in [1.29, 1.82) is 0 Å². The zero-order chi connectivity index (χ0) is 33.2. The third-order valence-corrected chi connectivity index (χ3v) is 9.99. The molecule has 0 unspecified atom stereocenters. The average molecular weight is 664 g/mol. The van der Waals surface area contributed by atoms with Gasteiger partial charge in [0.05, 0.1) is 27.8 Å². The highest BCUT2D eigenvalue weighted by molar-refractivity contribution is 7.89. The molecule has 5 rings (SSSR count). The Morgan fingerprint density at radius 2 is 1.66 bits per heavy atom. The molecule has 4 aromatic rings. The van der Waals surface area contributed by atoms with Crippen LogP contribution in [0.5, 0.6) is 23.0 Å². The van der Waals surface area contributed by atoms with E-state index in [4.69, 9.17) is 18.9 Å². The fourth-order valence-corrected chi connectivity index (χ4v) is 7.22. The number of ether oxygens (including phenoxy) is 4. The molecule has 0 saturated heterocycles. The Bertz CT molecular complexity index is 1750. The molecule has 0 fully saturated rings. The summed E-state index contributed by atoms with van der Waals surface area (Å²) in [7, 11) is 0.443. The zero-order valence-corrected chi connectivity index (χ0v) is 27.8. The molecule has 0 spiro atoms. The van der Waals surface area contributed by atoms with Crippen molar-refractivity contribution in [1.82, 2.24) is 23.7 Å². The maximum Gasteiger partial charge on any atom is 0.247 e. The van der Waals surface area contributed by atoms with E-state index in [0.29, 0.717) is 56.1 Å². The Morgan fingerprint density at radius 1 is 0.872 bits per heavy atom. The third-order valence-electron chi connectivity index (χ3n) is 8.07. The number of aromatic nitrogens is 3. The number of carbonyl (C=O) groups excluding carboxylic acids is 1. The fourth-order valence-electron chi connectivity index (χ4n) is 5.59. The van der Waals surface area contributed by atoms with Crippen molar-refractivity contribution in [3.63, 3.8) is 0 Å². The first-order valence-corrected chi connectivity index (χ1v) is 17.0. The molecule has 250 valence electrons. The second-order valence-electron chi connectivity index (χ2n) is 11.1. The molecule has 47 heavy (non-hydrogen) atoms. The molecule has 2 aromatic heterocycles. The van der Waals surface area contributed by atoms with Crippen molar-refractivity contribution in [3.05, 3.63) is 78.9 Å². The standard InChI is InChI=1S/C34H41N5O7S/c1-43-28-10-12-30(45-3)32(24-28)47(41,42)39-18-5-4-15-37(33(40)22-26-8-6-13-35-25-26)16-7-17-38-19-14-36-34(38)27-9-11-29(44-2)31(23-27)46-21-20-39/h6,8-14,19,23-25H,4-5,7,15-18,20-22H2,1-3H3. The summed E-state index contributed by atoms with van der Waals surface area (Å²) >= 11 is 0. The predicted octanol–water partition coefficient (Wildman–Crippen LogP) is 4.30. The van der Waals surface area contributed by atoms with Crippen molar-refractivity contribution in [2.24, 2.45) is 0 Å². The number of amides is 1. The number of nitrogens with zero attached hydrogens (tertiary/aromatic N) is 5. The quantitative estimate of drug-likeness (QED) is 0.285. The number of benzene rings is 2. The first kappa shape index (κ1) is 33.7. The van der Waals surface area contributed by atoms with Crippen molar-refractivity contribution >= 4 is 15.9 Å². The highest BCUT2D eigenvalue weighted by Gasteiger charge is 2.29. The van der Waals surface area contributed by atoms with Gasteiger partial charge in [0.25, 0.3) is 0 Å². The Kier molecular flexibility index (Phi) is 11.3. The lowest BCUT2D eigenvalue weighted by atomic mass is 10.1. The Morgan fingerprint density at radius 3 is 2.43 bits per heavy atom. The highest BCUT2D eigenvalue weighted by Crippen LogP contribution is 2.33. The van der Waals surface area contributed by atoms with Crippen molar-refractivity contribution < 1.29 is 32.2 Å². The lowest BCUT2D eigenvalue weighted by Crippen LogP contribution is -2.37. The first-order chi connectivity index (χ1) is 22.8.